The van der Waals surface area contributed by atoms with E-state index in [1.165, 1.54) is 24.5 Å². The van der Waals surface area contributed by atoms with Gasteiger partial charge in [0.2, 0.25) is 5.95 Å². The van der Waals surface area contributed by atoms with E-state index in [-0.39, 0.29) is 30.6 Å². The first kappa shape index (κ1) is 23.5. The highest BCUT2D eigenvalue weighted by Gasteiger charge is 2.19. The predicted octanol–water partition coefficient (Wildman–Crippen LogP) is 3.23. The van der Waals surface area contributed by atoms with Gasteiger partial charge in [-0.2, -0.15) is 0 Å². The molecule has 1 unspecified atom stereocenters. The lowest BCUT2D eigenvalue weighted by Gasteiger charge is -2.34. The Kier molecular flexibility index (Phi) is 9.87. The lowest BCUT2D eigenvalue weighted by molar-refractivity contribution is 0.154. The van der Waals surface area contributed by atoms with Gasteiger partial charge in [0.1, 0.15) is 5.82 Å². The van der Waals surface area contributed by atoms with Gasteiger partial charge in [0.05, 0.1) is 18.5 Å². The lowest BCUT2D eigenvalue weighted by atomic mass is 10.0. The molecule has 0 spiro atoms. The molecule has 1 aliphatic heterocycles. The van der Waals surface area contributed by atoms with Crippen molar-refractivity contribution in [2.75, 3.05) is 37.6 Å². The zero-order valence-corrected chi connectivity index (χ0v) is 16.4. The van der Waals surface area contributed by atoms with E-state index in [0.717, 1.165) is 44.7 Å². The minimum Gasteiger partial charge on any atom is -0.388 e. The summed E-state index contributed by atoms with van der Waals surface area (Å²) in [5.41, 5.74) is 0.750. The molecule has 2 aromatic rings. The van der Waals surface area contributed by atoms with Gasteiger partial charge in [-0.05, 0) is 37.1 Å². The van der Waals surface area contributed by atoms with E-state index >= 15 is 0 Å². The van der Waals surface area contributed by atoms with E-state index < -0.39 is 11.9 Å². The topological polar surface area (TPSA) is 52.5 Å². The maximum atomic E-state index is 12.9. The second-order valence-corrected chi connectivity index (χ2v) is 6.24. The van der Waals surface area contributed by atoms with E-state index in [1.807, 2.05) is 4.90 Å². The summed E-state index contributed by atoms with van der Waals surface area (Å²) in [5, 5.41) is 10.2. The quantitative estimate of drug-likeness (QED) is 0.777. The summed E-state index contributed by atoms with van der Waals surface area (Å²) < 4.78 is 25.8. The van der Waals surface area contributed by atoms with Crippen LogP contribution < -0.4 is 4.90 Å². The molecule has 1 aliphatic rings. The van der Waals surface area contributed by atoms with Crippen LogP contribution in [0.4, 0.5) is 14.7 Å². The molecule has 1 saturated heterocycles. The summed E-state index contributed by atoms with van der Waals surface area (Å²) >= 11 is 0. The summed E-state index contributed by atoms with van der Waals surface area (Å²) in [6.45, 7) is 4.26. The zero-order chi connectivity index (χ0) is 17.6. The van der Waals surface area contributed by atoms with Crippen molar-refractivity contribution < 1.29 is 13.9 Å². The van der Waals surface area contributed by atoms with Crippen molar-refractivity contribution in [2.45, 2.75) is 18.9 Å². The first-order chi connectivity index (χ1) is 12.1. The molecule has 5 nitrogen and oxygen atoms in total. The molecule has 150 valence electrons. The normalized spacial score (nSPS) is 15.6. The Hall–Kier alpha value is -1.54. The second kappa shape index (κ2) is 11.3. The molecule has 2 heterocycles. The van der Waals surface area contributed by atoms with Crippen LogP contribution in [-0.4, -0.2) is 52.7 Å². The van der Waals surface area contributed by atoms with Gasteiger partial charge in [-0.3, -0.25) is 4.90 Å². The first-order valence-corrected chi connectivity index (χ1v) is 8.50. The third kappa shape index (κ3) is 6.84. The van der Waals surface area contributed by atoms with Gasteiger partial charge in [0.25, 0.3) is 0 Å². The van der Waals surface area contributed by atoms with Gasteiger partial charge in [0.15, 0.2) is 5.82 Å². The average molecular weight is 421 g/mol. The smallest absolute Gasteiger partial charge is 0.225 e. The highest BCUT2D eigenvalue weighted by molar-refractivity contribution is 5.85. The predicted molar refractivity (Wildman–Crippen MR) is 106 cm³/mol. The molecule has 0 radical (unpaired) electrons. The molecule has 1 fully saturated rings. The fourth-order valence-electron chi connectivity index (χ4n) is 3.00. The van der Waals surface area contributed by atoms with Crippen molar-refractivity contribution in [3.05, 3.63) is 53.9 Å². The van der Waals surface area contributed by atoms with Crippen molar-refractivity contribution >= 4 is 30.8 Å². The molecular weight excluding hydrogens is 397 g/mol. The Balaban J connectivity index is 0.00000182. The fraction of sp³-hybridized carbons (Fsp3) is 0.444. The zero-order valence-electron chi connectivity index (χ0n) is 14.8. The third-order valence-electron chi connectivity index (χ3n) is 4.47. The number of anilines is 1. The number of benzene rings is 1. The van der Waals surface area contributed by atoms with E-state index in [0.29, 0.717) is 12.4 Å². The molecule has 3 rings (SSSR count). The number of piperazine rings is 1. The Morgan fingerprint density at radius 2 is 1.52 bits per heavy atom. The Labute approximate surface area is 170 Å². The number of nitrogens with zero attached hydrogens (tertiary/aromatic N) is 4. The number of hydrogen-bond acceptors (Lipinski definition) is 5. The maximum absolute atomic E-state index is 12.9. The molecule has 0 amide bonds. The SMILES string of the molecule is Cl.Cl.OC(CCCN1CCN(c2ncc(F)cn2)CC1)c1ccc(F)cc1. The van der Waals surface area contributed by atoms with Crippen molar-refractivity contribution in [3.8, 4) is 0 Å². The van der Waals surface area contributed by atoms with Crippen LogP contribution in [0.2, 0.25) is 0 Å². The standard InChI is InChI=1S/C18H22F2N4O.2ClH/c19-15-5-3-14(4-6-15)17(25)2-1-7-23-8-10-24(11-9-23)18-21-12-16(20)13-22-18;;/h3-6,12-13,17,25H,1-2,7-11H2;2*1H. The van der Waals surface area contributed by atoms with Crippen LogP contribution in [0.25, 0.3) is 0 Å². The lowest BCUT2D eigenvalue weighted by Crippen LogP contribution is -2.47. The Morgan fingerprint density at radius 1 is 0.926 bits per heavy atom. The van der Waals surface area contributed by atoms with Crippen LogP contribution in [0.5, 0.6) is 0 Å². The molecule has 1 aromatic heterocycles. The van der Waals surface area contributed by atoms with Crippen LogP contribution in [0.15, 0.2) is 36.7 Å². The van der Waals surface area contributed by atoms with Crippen LogP contribution in [0.3, 0.4) is 0 Å². The highest BCUT2D eigenvalue weighted by Crippen LogP contribution is 2.19. The highest BCUT2D eigenvalue weighted by atomic mass is 35.5. The van der Waals surface area contributed by atoms with Gasteiger partial charge < -0.3 is 10.0 Å². The molecule has 27 heavy (non-hydrogen) atoms. The van der Waals surface area contributed by atoms with Gasteiger partial charge in [-0.1, -0.05) is 12.1 Å². The van der Waals surface area contributed by atoms with Gasteiger partial charge in [0, 0.05) is 26.2 Å². The largest absolute Gasteiger partial charge is 0.388 e. The van der Waals surface area contributed by atoms with Gasteiger partial charge >= 0.3 is 0 Å². The molecule has 1 aromatic carbocycles. The number of aliphatic hydroxyl groups is 1. The number of hydrogen-bond donors (Lipinski definition) is 1. The van der Waals surface area contributed by atoms with E-state index in [4.69, 9.17) is 0 Å². The van der Waals surface area contributed by atoms with Crippen LogP contribution in [0, 0.1) is 11.6 Å². The van der Waals surface area contributed by atoms with Crippen LogP contribution in [-0.2, 0) is 0 Å². The van der Waals surface area contributed by atoms with Crippen molar-refractivity contribution in [1.29, 1.82) is 0 Å². The first-order valence-electron chi connectivity index (χ1n) is 8.50. The second-order valence-electron chi connectivity index (χ2n) is 6.24. The number of rotatable bonds is 6. The number of aromatic nitrogens is 2. The molecule has 1 atom stereocenters. The van der Waals surface area contributed by atoms with Crippen molar-refractivity contribution in [1.82, 2.24) is 14.9 Å². The molecule has 0 aliphatic carbocycles. The van der Waals surface area contributed by atoms with Crippen LogP contribution >= 0.6 is 24.8 Å². The van der Waals surface area contributed by atoms with E-state index in [9.17, 15) is 13.9 Å². The molecule has 1 N–H and O–H groups in total. The van der Waals surface area contributed by atoms with Gasteiger partial charge in [-0.15, -0.1) is 24.8 Å². The maximum Gasteiger partial charge on any atom is 0.225 e. The minimum atomic E-state index is -0.561. The fourth-order valence-corrected chi connectivity index (χ4v) is 3.00. The molecule has 0 saturated carbocycles. The summed E-state index contributed by atoms with van der Waals surface area (Å²) in [4.78, 5) is 12.4. The third-order valence-corrected chi connectivity index (χ3v) is 4.47. The summed E-state index contributed by atoms with van der Waals surface area (Å²) in [5.74, 6) is -0.158. The minimum absolute atomic E-state index is 0. The summed E-state index contributed by atoms with van der Waals surface area (Å²) in [7, 11) is 0. The van der Waals surface area contributed by atoms with Crippen molar-refractivity contribution in [2.24, 2.45) is 0 Å². The molecular formula is C18H24Cl2F2N4O. The number of aliphatic hydroxyl groups excluding tert-OH is 1. The van der Waals surface area contributed by atoms with E-state index in [2.05, 4.69) is 14.9 Å². The van der Waals surface area contributed by atoms with E-state index in [1.54, 1.807) is 12.1 Å². The van der Waals surface area contributed by atoms with Crippen LogP contribution in [0.1, 0.15) is 24.5 Å². The Morgan fingerprint density at radius 3 is 2.11 bits per heavy atom. The van der Waals surface area contributed by atoms with Gasteiger partial charge in [-0.25, -0.2) is 18.7 Å². The molecule has 9 heteroatoms. The number of halogens is 4. The Bertz CT molecular complexity index is 668. The summed E-state index contributed by atoms with van der Waals surface area (Å²) in [6.07, 6.45) is 3.32. The average Bonchev–Trinajstić information content (AvgIpc) is 2.63. The monoisotopic (exact) mass is 420 g/mol. The molecule has 0 bridgehead atoms. The summed E-state index contributed by atoms with van der Waals surface area (Å²) in [6, 6.07) is 5.99. The van der Waals surface area contributed by atoms with Crippen molar-refractivity contribution in [3.63, 3.8) is 0 Å².